The van der Waals surface area contributed by atoms with Crippen molar-refractivity contribution in [3.63, 3.8) is 0 Å². The van der Waals surface area contributed by atoms with E-state index in [1.54, 1.807) is 0 Å². The predicted molar refractivity (Wildman–Crippen MR) is 69.0 cm³/mol. The van der Waals surface area contributed by atoms with Crippen molar-refractivity contribution < 1.29 is 22.4 Å². The summed E-state index contributed by atoms with van der Waals surface area (Å²) >= 11 is -2.54. The van der Waals surface area contributed by atoms with Gasteiger partial charge in [-0.2, -0.15) is 0 Å². The van der Waals surface area contributed by atoms with Crippen LogP contribution >= 0.6 is 0 Å². The predicted octanol–water partition coefficient (Wildman–Crippen LogP) is 1.73. The van der Waals surface area contributed by atoms with Gasteiger partial charge in [-0.05, 0) is 12.0 Å². The molecule has 1 aliphatic heterocycles. The SMILES string of the molecule is CCC1(C(COS(=O)[O-])c2ccccc2)OCCO1. The van der Waals surface area contributed by atoms with Gasteiger partial charge in [0.2, 0.25) is 0 Å². The summed E-state index contributed by atoms with van der Waals surface area (Å²) in [6.07, 6.45) is 0.626. The van der Waals surface area contributed by atoms with Crippen molar-refractivity contribution in [2.24, 2.45) is 0 Å². The lowest BCUT2D eigenvalue weighted by molar-refractivity contribution is -0.181. The maximum absolute atomic E-state index is 10.6. The zero-order valence-electron chi connectivity index (χ0n) is 10.7. The van der Waals surface area contributed by atoms with E-state index in [1.807, 2.05) is 37.3 Å². The van der Waals surface area contributed by atoms with Gasteiger partial charge in [0.15, 0.2) is 5.79 Å². The second-order valence-corrected chi connectivity index (χ2v) is 4.96. The lowest BCUT2D eigenvalue weighted by atomic mass is 9.89. The lowest BCUT2D eigenvalue weighted by Crippen LogP contribution is -2.39. The fourth-order valence-electron chi connectivity index (χ4n) is 2.41. The third-order valence-corrected chi connectivity index (χ3v) is 3.66. The Morgan fingerprint density at radius 1 is 1.37 bits per heavy atom. The molecule has 0 aromatic heterocycles. The van der Waals surface area contributed by atoms with Gasteiger partial charge in [0, 0.05) is 0 Å². The second kappa shape index (κ2) is 6.58. The highest BCUT2D eigenvalue weighted by Gasteiger charge is 2.43. The van der Waals surface area contributed by atoms with E-state index < -0.39 is 17.1 Å². The molecule has 0 spiro atoms. The van der Waals surface area contributed by atoms with Crippen molar-refractivity contribution in [2.75, 3.05) is 19.8 Å². The molecule has 2 unspecified atom stereocenters. The molecule has 0 N–H and O–H groups in total. The van der Waals surface area contributed by atoms with E-state index in [0.29, 0.717) is 19.6 Å². The normalized spacial score (nSPS) is 21.2. The zero-order chi connectivity index (χ0) is 13.7. The second-order valence-electron chi connectivity index (χ2n) is 4.31. The van der Waals surface area contributed by atoms with E-state index in [0.717, 1.165) is 5.56 Å². The van der Waals surface area contributed by atoms with Crippen molar-refractivity contribution in [3.05, 3.63) is 35.9 Å². The lowest BCUT2D eigenvalue weighted by Gasteiger charge is -2.35. The first-order valence-corrected chi connectivity index (χ1v) is 7.23. The highest BCUT2D eigenvalue weighted by atomic mass is 32.2. The van der Waals surface area contributed by atoms with Crippen LogP contribution < -0.4 is 0 Å². The van der Waals surface area contributed by atoms with Crippen LogP contribution in [0.3, 0.4) is 0 Å². The Morgan fingerprint density at radius 2 is 2.00 bits per heavy atom. The van der Waals surface area contributed by atoms with Crippen LogP contribution in [0.5, 0.6) is 0 Å². The Hall–Kier alpha value is -0.790. The molecule has 0 aliphatic carbocycles. The molecular weight excluding hydrogens is 268 g/mol. The Bertz CT molecular complexity index is 416. The summed E-state index contributed by atoms with van der Waals surface area (Å²) < 4.78 is 37.5. The van der Waals surface area contributed by atoms with Gasteiger partial charge in [0.05, 0.1) is 37.1 Å². The molecule has 1 aromatic rings. The summed E-state index contributed by atoms with van der Waals surface area (Å²) in [7, 11) is 0. The Kier molecular flexibility index (Phi) is 5.06. The zero-order valence-corrected chi connectivity index (χ0v) is 11.6. The van der Waals surface area contributed by atoms with Gasteiger partial charge in [0.25, 0.3) is 0 Å². The quantitative estimate of drug-likeness (QED) is 0.745. The monoisotopic (exact) mass is 285 g/mol. The van der Waals surface area contributed by atoms with Crippen molar-refractivity contribution in [1.29, 1.82) is 0 Å². The van der Waals surface area contributed by atoms with Crippen molar-refractivity contribution in [3.8, 4) is 0 Å². The van der Waals surface area contributed by atoms with Crippen LogP contribution in [0.4, 0.5) is 0 Å². The van der Waals surface area contributed by atoms with E-state index >= 15 is 0 Å². The molecule has 0 amide bonds. The fraction of sp³-hybridized carbons (Fsp3) is 0.538. The minimum atomic E-state index is -2.54. The molecular formula is C13H17O5S-. The minimum Gasteiger partial charge on any atom is -0.750 e. The average molecular weight is 285 g/mol. The molecule has 0 bridgehead atoms. The van der Waals surface area contributed by atoms with E-state index in [-0.39, 0.29) is 12.5 Å². The summed E-state index contributed by atoms with van der Waals surface area (Å²) in [6.45, 7) is 2.98. The molecule has 1 aromatic carbocycles. The van der Waals surface area contributed by atoms with Crippen LogP contribution in [0.1, 0.15) is 24.8 Å². The molecule has 5 nitrogen and oxygen atoms in total. The minimum absolute atomic E-state index is 0.00790. The molecule has 2 rings (SSSR count). The number of benzene rings is 1. The maximum atomic E-state index is 10.6. The largest absolute Gasteiger partial charge is 0.750 e. The topological polar surface area (TPSA) is 67.8 Å². The molecule has 1 heterocycles. The first-order chi connectivity index (χ1) is 9.18. The van der Waals surface area contributed by atoms with Crippen LogP contribution in [-0.4, -0.2) is 34.4 Å². The summed E-state index contributed by atoms with van der Waals surface area (Å²) in [5, 5.41) is 0. The summed E-state index contributed by atoms with van der Waals surface area (Å²) in [5.41, 5.74) is 0.941. The van der Waals surface area contributed by atoms with Gasteiger partial charge in [-0.15, -0.1) is 0 Å². The van der Waals surface area contributed by atoms with Gasteiger partial charge in [-0.3, -0.25) is 4.18 Å². The molecule has 0 radical (unpaired) electrons. The van der Waals surface area contributed by atoms with Crippen LogP contribution in [0.15, 0.2) is 30.3 Å². The number of rotatable bonds is 6. The van der Waals surface area contributed by atoms with E-state index in [2.05, 4.69) is 0 Å². The summed E-state index contributed by atoms with van der Waals surface area (Å²) in [5.74, 6) is -1.08. The maximum Gasteiger partial charge on any atom is 0.177 e. The first-order valence-electron chi connectivity index (χ1n) is 6.23. The van der Waals surface area contributed by atoms with Crippen LogP contribution in [0, 0.1) is 0 Å². The third kappa shape index (κ3) is 3.40. The average Bonchev–Trinajstić information content (AvgIpc) is 2.90. The highest BCUT2D eigenvalue weighted by Crippen LogP contribution is 2.38. The molecule has 19 heavy (non-hydrogen) atoms. The fourth-order valence-corrected chi connectivity index (χ4v) is 2.66. The van der Waals surface area contributed by atoms with Gasteiger partial charge in [-0.1, -0.05) is 37.3 Å². The molecule has 2 atom stereocenters. The molecule has 106 valence electrons. The standard InChI is InChI=1S/C13H18O5S/c1-2-13(16-8-9-17-13)12(10-18-19(14)15)11-6-4-3-5-7-11/h3-7,12H,2,8-10H2,1H3,(H,14,15)/p-1. The number of hydrogen-bond donors (Lipinski definition) is 0. The highest BCUT2D eigenvalue weighted by molar-refractivity contribution is 7.74. The molecule has 1 fully saturated rings. The van der Waals surface area contributed by atoms with Crippen molar-refractivity contribution in [1.82, 2.24) is 0 Å². The molecule has 1 aliphatic rings. The first kappa shape index (κ1) is 14.6. The van der Waals surface area contributed by atoms with Gasteiger partial charge in [0.1, 0.15) is 0 Å². The Balaban J connectivity index is 2.25. The summed E-state index contributed by atoms with van der Waals surface area (Å²) in [6, 6.07) is 9.54. The number of hydrogen-bond acceptors (Lipinski definition) is 5. The third-order valence-electron chi connectivity index (χ3n) is 3.33. The Labute approximate surface area is 115 Å². The molecule has 1 saturated heterocycles. The smallest absolute Gasteiger partial charge is 0.177 e. The molecule has 6 heteroatoms. The van der Waals surface area contributed by atoms with Crippen molar-refractivity contribution >= 4 is 11.4 Å². The molecule has 0 saturated carbocycles. The van der Waals surface area contributed by atoms with Crippen LogP contribution in [0.2, 0.25) is 0 Å². The Morgan fingerprint density at radius 3 is 2.53 bits per heavy atom. The van der Waals surface area contributed by atoms with Crippen molar-refractivity contribution in [2.45, 2.75) is 25.0 Å². The van der Waals surface area contributed by atoms with Crippen LogP contribution in [0.25, 0.3) is 0 Å². The van der Waals surface area contributed by atoms with E-state index in [1.165, 1.54) is 0 Å². The van der Waals surface area contributed by atoms with E-state index in [9.17, 15) is 8.76 Å². The van der Waals surface area contributed by atoms with Crippen LogP contribution in [-0.2, 0) is 25.0 Å². The number of ether oxygens (including phenoxy) is 2. The van der Waals surface area contributed by atoms with Gasteiger partial charge < -0.3 is 14.0 Å². The van der Waals surface area contributed by atoms with E-state index in [4.69, 9.17) is 13.7 Å². The van der Waals surface area contributed by atoms with Gasteiger partial charge >= 0.3 is 0 Å². The van der Waals surface area contributed by atoms with Gasteiger partial charge in [-0.25, -0.2) is 4.21 Å². The summed E-state index contributed by atoms with van der Waals surface area (Å²) in [4.78, 5) is 0.